The van der Waals surface area contributed by atoms with Crippen LogP contribution in [0.5, 0.6) is 0 Å². The molecule has 0 aliphatic carbocycles. The molecule has 3 rings (SSSR count). The second-order valence-corrected chi connectivity index (χ2v) is 5.53. The van der Waals surface area contributed by atoms with Crippen molar-refractivity contribution in [1.29, 1.82) is 0 Å². The van der Waals surface area contributed by atoms with Crippen molar-refractivity contribution < 1.29 is 9.21 Å². The number of amides is 1. The second kappa shape index (κ2) is 5.49. The van der Waals surface area contributed by atoms with Crippen LogP contribution in [0, 0.1) is 13.8 Å². The number of hydrogen-bond acceptors (Lipinski definition) is 5. The van der Waals surface area contributed by atoms with Crippen LogP contribution in [0.2, 0.25) is 0 Å². The van der Waals surface area contributed by atoms with E-state index >= 15 is 0 Å². The minimum Gasteiger partial charge on any atom is -0.403 e. The Morgan fingerprint density at radius 3 is 2.62 bits per heavy atom. The smallest absolute Gasteiger partial charge is 0.322 e. The Morgan fingerprint density at radius 2 is 1.95 bits per heavy atom. The van der Waals surface area contributed by atoms with Crippen LogP contribution in [0.25, 0.3) is 11.5 Å². The average Bonchev–Trinajstić information content (AvgIpc) is 3.07. The van der Waals surface area contributed by atoms with Gasteiger partial charge >= 0.3 is 6.01 Å². The number of anilines is 1. The van der Waals surface area contributed by atoms with Crippen LogP contribution in [-0.2, 0) is 0 Å². The number of aryl methyl sites for hydroxylation is 2. The Morgan fingerprint density at radius 1 is 1.19 bits per heavy atom. The zero-order valence-corrected chi connectivity index (χ0v) is 12.4. The van der Waals surface area contributed by atoms with E-state index in [4.69, 9.17) is 4.42 Å². The minimum absolute atomic E-state index is 0.0976. The summed E-state index contributed by atoms with van der Waals surface area (Å²) in [5.41, 5.74) is 3.48. The van der Waals surface area contributed by atoms with Gasteiger partial charge in [-0.2, -0.15) is 11.3 Å². The van der Waals surface area contributed by atoms with Crippen molar-refractivity contribution in [3.8, 4) is 11.5 Å². The molecule has 0 unspecified atom stereocenters. The molecule has 0 atom stereocenters. The first kappa shape index (κ1) is 13.5. The first-order valence-electron chi connectivity index (χ1n) is 6.37. The van der Waals surface area contributed by atoms with Gasteiger partial charge in [0.15, 0.2) is 0 Å². The van der Waals surface area contributed by atoms with Crippen molar-refractivity contribution in [2.75, 3.05) is 5.32 Å². The van der Waals surface area contributed by atoms with Crippen LogP contribution >= 0.6 is 11.3 Å². The van der Waals surface area contributed by atoms with Gasteiger partial charge in [0.05, 0.1) is 0 Å². The molecule has 0 radical (unpaired) electrons. The van der Waals surface area contributed by atoms with Gasteiger partial charge in [-0.1, -0.05) is 22.3 Å². The monoisotopic (exact) mass is 299 g/mol. The Labute approximate surface area is 125 Å². The molecule has 0 fully saturated rings. The lowest BCUT2D eigenvalue weighted by Crippen LogP contribution is -2.12. The van der Waals surface area contributed by atoms with Crippen LogP contribution in [0.3, 0.4) is 0 Å². The van der Waals surface area contributed by atoms with E-state index in [1.807, 2.05) is 48.9 Å². The standard InChI is InChI=1S/C15H13N3O2S/c1-9-5-10(2)7-12(6-9)13(19)16-15-18-17-14(20-15)11-3-4-21-8-11/h3-8H,1-2H3,(H,16,18,19). The van der Waals surface area contributed by atoms with E-state index < -0.39 is 0 Å². The van der Waals surface area contributed by atoms with E-state index in [2.05, 4.69) is 15.5 Å². The van der Waals surface area contributed by atoms with Crippen molar-refractivity contribution in [2.24, 2.45) is 0 Å². The van der Waals surface area contributed by atoms with E-state index in [9.17, 15) is 4.79 Å². The highest BCUT2D eigenvalue weighted by atomic mass is 32.1. The molecule has 0 saturated carbocycles. The highest BCUT2D eigenvalue weighted by Crippen LogP contribution is 2.22. The van der Waals surface area contributed by atoms with Crippen molar-refractivity contribution >= 4 is 23.3 Å². The molecule has 2 heterocycles. The molecule has 0 aliphatic rings. The quantitative estimate of drug-likeness (QED) is 0.801. The number of nitrogens with zero attached hydrogens (tertiary/aromatic N) is 2. The van der Waals surface area contributed by atoms with Crippen LogP contribution < -0.4 is 5.32 Å². The predicted octanol–water partition coefficient (Wildman–Crippen LogP) is 3.67. The number of rotatable bonds is 3. The Bertz CT molecular complexity index is 758. The number of carbonyl (C=O) groups is 1. The lowest BCUT2D eigenvalue weighted by molar-refractivity contribution is 0.102. The predicted molar refractivity (Wildman–Crippen MR) is 81.5 cm³/mol. The van der Waals surface area contributed by atoms with E-state index in [0.29, 0.717) is 11.5 Å². The van der Waals surface area contributed by atoms with Gasteiger partial charge in [-0.15, -0.1) is 5.10 Å². The third-order valence-electron chi connectivity index (χ3n) is 2.90. The van der Waals surface area contributed by atoms with Gasteiger partial charge in [0, 0.05) is 16.5 Å². The number of aromatic nitrogens is 2. The van der Waals surface area contributed by atoms with Crippen LogP contribution in [0.4, 0.5) is 6.01 Å². The molecule has 21 heavy (non-hydrogen) atoms. The average molecular weight is 299 g/mol. The van der Waals surface area contributed by atoms with Gasteiger partial charge in [0.25, 0.3) is 11.8 Å². The third-order valence-corrected chi connectivity index (χ3v) is 3.58. The summed E-state index contributed by atoms with van der Waals surface area (Å²) in [6.07, 6.45) is 0. The summed E-state index contributed by atoms with van der Waals surface area (Å²) in [5.74, 6) is 0.134. The number of thiophene rings is 1. The normalized spacial score (nSPS) is 10.6. The summed E-state index contributed by atoms with van der Waals surface area (Å²) in [6, 6.07) is 7.63. The summed E-state index contributed by atoms with van der Waals surface area (Å²) in [5, 5.41) is 14.2. The molecule has 3 aromatic rings. The first-order valence-corrected chi connectivity index (χ1v) is 7.32. The molecule has 0 saturated heterocycles. The number of nitrogens with one attached hydrogen (secondary N) is 1. The fourth-order valence-corrected chi connectivity index (χ4v) is 2.68. The van der Waals surface area contributed by atoms with Gasteiger partial charge in [0.1, 0.15) is 0 Å². The summed E-state index contributed by atoms with van der Waals surface area (Å²) >= 11 is 1.54. The maximum absolute atomic E-state index is 12.2. The first-order chi connectivity index (χ1) is 10.1. The molecular formula is C15H13N3O2S. The fourth-order valence-electron chi connectivity index (χ4n) is 2.05. The van der Waals surface area contributed by atoms with E-state index in [0.717, 1.165) is 16.7 Å². The molecule has 0 spiro atoms. The van der Waals surface area contributed by atoms with E-state index in [1.54, 1.807) is 11.3 Å². The van der Waals surface area contributed by atoms with Crippen LogP contribution in [0.15, 0.2) is 39.4 Å². The molecule has 1 amide bonds. The van der Waals surface area contributed by atoms with Crippen LogP contribution in [-0.4, -0.2) is 16.1 Å². The van der Waals surface area contributed by atoms with E-state index in [-0.39, 0.29) is 11.9 Å². The Hall–Kier alpha value is -2.47. The van der Waals surface area contributed by atoms with Crippen molar-refractivity contribution in [3.05, 3.63) is 51.7 Å². The van der Waals surface area contributed by atoms with Crippen LogP contribution in [0.1, 0.15) is 21.5 Å². The Kier molecular flexibility index (Phi) is 3.53. The maximum Gasteiger partial charge on any atom is 0.322 e. The number of carbonyl (C=O) groups excluding carboxylic acids is 1. The van der Waals surface area contributed by atoms with Crippen molar-refractivity contribution in [3.63, 3.8) is 0 Å². The van der Waals surface area contributed by atoms with Gasteiger partial charge in [-0.05, 0) is 37.4 Å². The van der Waals surface area contributed by atoms with Gasteiger partial charge < -0.3 is 4.42 Å². The van der Waals surface area contributed by atoms with Crippen molar-refractivity contribution in [1.82, 2.24) is 10.2 Å². The molecule has 6 heteroatoms. The summed E-state index contributed by atoms with van der Waals surface area (Å²) in [4.78, 5) is 12.2. The lowest BCUT2D eigenvalue weighted by Gasteiger charge is -2.03. The summed E-state index contributed by atoms with van der Waals surface area (Å²) in [6.45, 7) is 3.90. The molecule has 0 bridgehead atoms. The van der Waals surface area contributed by atoms with Gasteiger partial charge in [0.2, 0.25) is 0 Å². The van der Waals surface area contributed by atoms with Crippen molar-refractivity contribution in [2.45, 2.75) is 13.8 Å². The highest BCUT2D eigenvalue weighted by Gasteiger charge is 2.13. The fraction of sp³-hybridized carbons (Fsp3) is 0.133. The SMILES string of the molecule is Cc1cc(C)cc(C(=O)Nc2nnc(-c3ccsc3)o2)c1. The number of benzene rings is 1. The van der Waals surface area contributed by atoms with Gasteiger partial charge in [-0.25, -0.2) is 0 Å². The van der Waals surface area contributed by atoms with E-state index in [1.165, 1.54) is 0 Å². The summed E-state index contributed by atoms with van der Waals surface area (Å²) < 4.78 is 5.43. The molecular weight excluding hydrogens is 286 g/mol. The molecule has 106 valence electrons. The zero-order valence-electron chi connectivity index (χ0n) is 11.6. The molecule has 1 aromatic carbocycles. The largest absolute Gasteiger partial charge is 0.403 e. The summed E-state index contributed by atoms with van der Waals surface area (Å²) in [7, 11) is 0. The van der Waals surface area contributed by atoms with Gasteiger partial charge in [-0.3, -0.25) is 10.1 Å². The molecule has 1 N–H and O–H groups in total. The Balaban J connectivity index is 1.79. The lowest BCUT2D eigenvalue weighted by atomic mass is 10.1. The topological polar surface area (TPSA) is 68.0 Å². The second-order valence-electron chi connectivity index (χ2n) is 4.75. The zero-order chi connectivity index (χ0) is 14.8. The third kappa shape index (κ3) is 3.00. The molecule has 2 aromatic heterocycles. The number of hydrogen-bond donors (Lipinski definition) is 1. The molecule has 0 aliphatic heterocycles. The minimum atomic E-state index is -0.262. The highest BCUT2D eigenvalue weighted by molar-refractivity contribution is 7.08. The maximum atomic E-state index is 12.2. The molecule has 5 nitrogen and oxygen atoms in total.